The third-order valence-electron chi connectivity index (χ3n) is 3.47. The lowest BCUT2D eigenvalue weighted by molar-refractivity contribution is 0.103. The lowest BCUT2D eigenvalue weighted by Gasteiger charge is -2.04. The Balaban J connectivity index is 2.14. The van der Waals surface area contributed by atoms with Gasteiger partial charge < -0.3 is 10.3 Å². The number of rotatable bonds is 3. The molecule has 2 aromatic carbocycles. The molecule has 0 bridgehead atoms. The minimum Gasteiger partial charge on any atom is -0.384 e. The Bertz CT molecular complexity index is 859. The molecule has 0 atom stereocenters. The van der Waals surface area contributed by atoms with Crippen molar-refractivity contribution in [3.05, 3.63) is 83.6 Å². The number of nitrogens with two attached hydrogens (primary N) is 1. The lowest BCUT2D eigenvalue weighted by Crippen LogP contribution is -2.02. The van der Waals surface area contributed by atoms with Gasteiger partial charge in [0.05, 0.1) is 5.56 Å². The van der Waals surface area contributed by atoms with Crippen molar-refractivity contribution in [1.82, 2.24) is 4.57 Å². The summed E-state index contributed by atoms with van der Waals surface area (Å²) in [4.78, 5) is 12.6. The number of nitriles is 1. The monoisotopic (exact) mass is 287 g/mol. The van der Waals surface area contributed by atoms with E-state index in [1.165, 1.54) is 0 Å². The van der Waals surface area contributed by atoms with Crippen LogP contribution in [0.15, 0.2) is 66.9 Å². The predicted molar refractivity (Wildman–Crippen MR) is 84.8 cm³/mol. The minimum absolute atomic E-state index is 0.206. The second-order valence-corrected chi connectivity index (χ2v) is 4.82. The van der Waals surface area contributed by atoms with Crippen molar-refractivity contribution in [3.63, 3.8) is 0 Å². The van der Waals surface area contributed by atoms with Gasteiger partial charge >= 0.3 is 0 Å². The Hall–Kier alpha value is -3.32. The standard InChI is InChI=1S/C18H13N3O/c19-11-15-16(17(22)13-7-3-1-4-8-13)12-21(18(15)20)14-9-5-2-6-10-14/h1-10,12H,20H2. The Labute approximate surface area is 128 Å². The number of hydrogen-bond acceptors (Lipinski definition) is 3. The number of benzene rings is 2. The molecular formula is C18H13N3O. The van der Waals surface area contributed by atoms with Gasteiger partial charge in [0.15, 0.2) is 5.78 Å². The maximum absolute atomic E-state index is 12.6. The number of anilines is 1. The smallest absolute Gasteiger partial charge is 0.195 e. The molecule has 4 heteroatoms. The van der Waals surface area contributed by atoms with Gasteiger partial charge in [0, 0.05) is 17.4 Å². The minimum atomic E-state index is -0.210. The Morgan fingerprint density at radius 2 is 1.59 bits per heavy atom. The van der Waals surface area contributed by atoms with Crippen molar-refractivity contribution >= 4 is 11.6 Å². The van der Waals surface area contributed by atoms with Crippen LogP contribution in [0.5, 0.6) is 0 Å². The molecule has 3 aromatic rings. The molecule has 2 N–H and O–H groups in total. The van der Waals surface area contributed by atoms with E-state index in [4.69, 9.17) is 5.73 Å². The van der Waals surface area contributed by atoms with Crippen LogP contribution < -0.4 is 5.73 Å². The van der Waals surface area contributed by atoms with Crippen molar-refractivity contribution in [3.8, 4) is 11.8 Å². The third kappa shape index (κ3) is 2.25. The zero-order chi connectivity index (χ0) is 15.5. The van der Waals surface area contributed by atoms with Crippen molar-refractivity contribution in [2.24, 2.45) is 0 Å². The number of carbonyl (C=O) groups is 1. The molecule has 0 fully saturated rings. The van der Waals surface area contributed by atoms with Gasteiger partial charge in [-0.1, -0.05) is 48.5 Å². The van der Waals surface area contributed by atoms with Gasteiger partial charge in [0.1, 0.15) is 17.5 Å². The van der Waals surface area contributed by atoms with Crippen LogP contribution in [0.3, 0.4) is 0 Å². The molecule has 0 unspecified atom stereocenters. The van der Waals surface area contributed by atoms with Gasteiger partial charge in [-0.25, -0.2) is 0 Å². The normalized spacial score (nSPS) is 10.1. The fourth-order valence-corrected chi connectivity index (χ4v) is 2.36. The molecule has 0 aliphatic rings. The van der Waals surface area contributed by atoms with Crippen LogP contribution in [-0.4, -0.2) is 10.4 Å². The van der Waals surface area contributed by atoms with Gasteiger partial charge in [-0.3, -0.25) is 4.79 Å². The average molecular weight is 287 g/mol. The summed E-state index contributed by atoms with van der Waals surface area (Å²) in [6.45, 7) is 0. The molecule has 0 aliphatic carbocycles. The first-order chi connectivity index (χ1) is 10.7. The van der Waals surface area contributed by atoms with Crippen LogP contribution >= 0.6 is 0 Å². The van der Waals surface area contributed by atoms with Gasteiger partial charge in [-0.2, -0.15) is 5.26 Å². The van der Waals surface area contributed by atoms with Crippen LogP contribution in [0.4, 0.5) is 5.82 Å². The topological polar surface area (TPSA) is 71.8 Å². The van der Waals surface area contributed by atoms with Gasteiger partial charge in [-0.05, 0) is 12.1 Å². The van der Waals surface area contributed by atoms with Crippen molar-refractivity contribution in [1.29, 1.82) is 5.26 Å². The van der Waals surface area contributed by atoms with Crippen molar-refractivity contribution in [2.75, 3.05) is 5.73 Å². The van der Waals surface area contributed by atoms with Crippen molar-refractivity contribution in [2.45, 2.75) is 0 Å². The summed E-state index contributed by atoms with van der Waals surface area (Å²) in [6, 6.07) is 20.3. The fraction of sp³-hybridized carbons (Fsp3) is 0. The molecule has 0 amide bonds. The van der Waals surface area contributed by atoms with E-state index in [0.29, 0.717) is 11.1 Å². The molecule has 0 aliphatic heterocycles. The molecule has 1 aromatic heterocycles. The summed E-state index contributed by atoms with van der Waals surface area (Å²) in [5, 5.41) is 9.36. The van der Waals surface area contributed by atoms with E-state index in [1.807, 2.05) is 42.5 Å². The molecule has 4 nitrogen and oxygen atoms in total. The molecule has 22 heavy (non-hydrogen) atoms. The van der Waals surface area contributed by atoms with E-state index in [1.54, 1.807) is 35.0 Å². The van der Waals surface area contributed by atoms with E-state index < -0.39 is 0 Å². The first kappa shape index (κ1) is 13.7. The van der Waals surface area contributed by atoms with Gasteiger partial charge in [0.25, 0.3) is 0 Å². The highest BCUT2D eigenvalue weighted by Crippen LogP contribution is 2.25. The second kappa shape index (κ2) is 5.58. The van der Waals surface area contributed by atoms with Crippen molar-refractivity contribution < 1.29 is 4.79 Å². The van der Waals surface area contributed by atoms with Gasteiger partial charge in [0.2, 0.25) is 0 Å². The Kier molecular flexibility index (Phi) is 3.47. The lowest BCUT2D eigenvalue weighted by atomic mass is 10.0. The summed E-state index contributed by atoms with van der Waals surface area (Å²) in [7, 11) is 0. The van der Waals surface area contributed by atoms with E-state index in [9.17, 15) is 10.1 Å². The molecule has 0 saturated carbocycles. The highest BCUT2D eigenvalue weighted by atomic mass is 16.1. The van der Waals surface area contributed by atoms with E-state index in [0.717, 1.165) is 5.69 Å². The number of nitrogen functional groups attached to an aromatic ring is 1. The Morgan fingerprint density at radius 3 is 2.18 bits per heavy atom. The number of carbonyl (C=O) groups excluding carboxylic acids is 1. The summed E-state index contributed by atoms with van der Waals surface area (Å²) < 4.78 is 1.66. The van der Waals surface area contributed by atoms with E-state index >= 15 is 0 Å². The highest BCUT2D eigenvalue weighted by Gasteiger charge is 2.20. The summed E-state index contributed by atoms with van der Waals surface area (Å²) in [5.74, 6) is 0.0616. The van der Waals surface area contributed by atoms with Crippen LogP contribution in [0.25, 0.3) is 5.69 Å². The number of para-hydroxylation sites is 1. The maximum atomic E-state index is 12.6. The SMILES string of the molecule is N#Cc1c(C(=O)c2ccccc2)cn(-c2ccccc2)c1N. The second-order valence-electron chi connectivity index (χ2n) is 4.82. The molecule has 106 valence electrons. The molecule has 0 saturated heterocycles. The average Bonchev–Trinajstić information content (AvgIpc) is 2.92. The van der Waals surface area contributed by atoms with Crippen LogP contribution in [0.1, 0.15) is 21.5 Å². The Morgan fingerprint density at radius 1 is 1.00 bits per heavy atom. The number of ketones is 1. The summed E-state index contributed by atoms with van der Waals surface area (Å²) >= 11 is 0. The molecule has 0 radical (unpaired) electrons. The summed E-state index contributed by atoms with van der Waals surface area (Å²) in [6.07, 6.45) is 1.62. The molecule has 0 spiro atoms. The fourth-order valence-electron chi connectivity index (χ4n) is 2.36. The maximum Gasteiger partial charge on any atom is 0.195 e. The third-order valence-corrected chi connectivity index (χ3v) is 3.47. The first-order valence-electron chi connectivity index (χ1n) is 6.78. The number of nitrogens with zero attached hydrogens (tertiary/aromatic N) is 2. The first-order valence-corrected chi connectivity index (χ1v) is 6.78. The number of aromatic nitrogens is 1. The zero-order valence-corrected chi connectivity index (χ0v) is 11.7. The molecule has 1 heterocycles. The quantitative estimate of drug-likeness (QED) is 0.752. The van der Waals surface area contributed by atoms with Crippen LogP contribution in [-0.2, 0) is 0 Å². The summed E-state index contributed by atoms with van der Waals surface area (Å²) in [5.41, 5.74) is 7.91. The zero-order valence-electron chi connectivity index (χ0n) is 11.7. The molecule has 3 rings (SSSR count). The van der Waals surface area contributed by atoms with Gasteiger partial charge in [-0.15, -0.1) is 0 Å². The number of hydrogen-bond donors (Lipinski definition) is 1. The predicted octanol–water partition coefficient (Wildman–Crippen LogP) is 3.16. The van der Waals surface area contributed by atoms with E-state index in [-0.39, 0.29) is 17.2 Å². The molecular weight excluding hydrogens is 274 g/mol. The largest absolute Gasteiger partial charge is 0.384 e. The highest BCUT2D eigenvalue weighted by molar-refractivity contribution is 6.11. The van der Waals surface area contributed by atoms with Crippen LogP contribution in [0, 0.1) is 11.3 Å². The van der Waals surface area contributed by atoms with Crippen LogP contribution in [0.2, 0.25) is 0 Å². The van der Waals surface area contributed by atoms with E-state index in [2.05, 4.69) is 0 Å².